The second-order valence-electron chi connectivity index (χ2n) is 8.18. The number of nitrogens with two attached hydrogens (primary N) is 2. The number of hydrogen-bond donors (Lipinski definition) is 4. The molecule has 0 unspecified atom stereocenters. The number of benzene rings is 3. The highest BCUT2D eigenvalue weighted by molar-refractivity contribution is 6.05. The molecule has 1 fully saturated rings. The van der Waals surface area contributed by atoms with Gasteiger partial charge in [-0.15, -0.1) is 0 Å². The fourth-order valence-corrected chi connectivity index (χ4v) is 3.80. The number of hydrazine groups is 1. The molecule has 1 amide bonds. The largest absolute Gasteiger partial charge is 0.382 e. The van der Waals surface area contributed by atoms with Gasteiger partial charge < -0.3 is 21.4 Å². The van der Waals surface area contributed by atoms with Gasteiger partial charge in [-0.25, -0.2) is 14.4 Å². The summed E-state index contributed by atoms with van der Waals surface area (Å²) in [6.07, 6.45) is 3.80. The summed E-state index contributed by atoms with van der Waals surface area (Å²) in [5.41, 5.74) is 10.6. The lowest BCUT2D eigenvalue weighted by atomic mass is 10.1. The number of amides is 1. The molecule has 8 nitrogen and oxygen atoms in total. The van der Waals surface area contributed by atoms with Crippen LogP contribution in [0.15, 0.2) is 85.1 Å². The highest BCUT2D eigenvalue weighted by Gasteiger charge is 2.16. The molecule has 0 bridgehead atoms. The number of nitrogens with zero attached hydrogens (tertiary/aromatic N) is 3. The third-order valence-corrected chi connectivity index (χ3v) is 5.71. The lowest BCUT2D eigenvalue weighted by molar-refractivity contribution is 0.102. The number of nitrogen functional groups attached to an aromatic ring is 2. The first-order valence-electron chi connectivity index (χ1n) is 11.6. The fraction of sp³-hybridized carbons (Fsp3) is 0.148. The molecule has 184 valence electrons. The molecule has 0 aliphatic carbocycles. The Bertz CT molecular complexity index is 1270. The van der Waals surface area contributed by atoms with E-state index in [9.17, 15) is 9.18 Å². The summed E-state index contributed by atoms with van der Waals surface area (Å²) in [6.45, 7) is 2.08. The zero-order valence-electron chi connectivity index (χ0n) is 19.7. The van der Waals surface area contributed by atoms with Crippen molar-refractivity contribution in [3.63, 3.8) is 0 Å². The first kappa shape index (κ1) is 24.6. The number of nitrogens with one attached hydrogen (secondary N) is 2. The van der Waals surface area contributed by atoms with Gasteiger partial charge in [-0.2, -0.15) is 0 Å². The van der Waals surface area contributed by atoms with Crippen molar-refractivity contribution in [3.8, 4) is 11.4 Å². The molecule has 0 saturated carbocycles. The Morgan fingerprint density at radius 2 is 1.58 bits per heavy atom. The number of carbonyl (C=O) groups is 1. The lowest BCUT2D eigenvalue weighted by Crippen LogP contribution is -2.18. The number of hydrogen-bond acceptors (Lipinski definition) is 7. The van der Waals surface area contributed by atoms with Crippen LogP contribution in [-0.2, 0) is 0 Å². The zero-order valence-corrected chi connectivity index (χ0v) is 19.7. The number of anilines is 4. The standard InChI is InChI=1S/C21H22FN7O.C6H6/c22-17-8-3-13(20-25-12-18(28-24)19(23)27-20)11-16(17)21(30)26-14-4-6-15(7-5-14)29-9-1-2-10-29;1-2-4-6-5-3-1/h3-8,11-12,28H,1-2,9-10,24H2,(H,26,30)(H2,23,25,27);1-6H. The van der Waals surface area contributed by atoms with E-state index in [-0.39, 0.29) is 17.2 Å². The van der Waals surface area contributed by atoms with Crippen LogP contribution < -0.4 is 27.2 Å². The fourth-order valence-electron chi connectivity index (χ4n) is 3.80. The van der Waals surface area contributed by atoms with Crippen LogP contribution in [0.5, 0.6) is 0 Å². The normalized spacial score (nSPS) is 12.4. The maximum atomic E-state index is 14.3. The minimum absolute atomic E-state index is 0.112. The molecule has 6 N–H and O–H groups in total. The molecule has 3 aromatic carbocycles. The SMILES string of the molecule is NNc1cnc(-c2ccc(F)c(C(=O)Nc3ccc(N4CCCC4)cc3)c2)nc1N.c1ccccc1. The third kappa shape index (κ3) is 6.13. The quantitative estimate of drug-likeness (QED) is 0.239. The maximum absolute atomic E-state index is 14.3. The minimum Gasteiger partial charge on any atom is -0.382 e. The van der Waals surface area contributed by atoms with E-state index in [0.717, 1.165) is 18.8 Å². The zero-order chi connectivity index (χ0) is 25.3. The molecule has 5 rings (SSSR count). The summed E-state index contributed by atoms with van der Waals surface area (Å²) in [5, 5.41) is 2.74. The number of aromatic nitrogens is 2. The van der Waals surface area contributed by atoms with E-state index in [4.69, 9.17) is 11.6 Å². The predicted molar refractivity (Wildman–Crippen MR) is 142 cm³/mol. The molecule has 1 aliphatic rings. The van der Waals surface area contributed by atoms with Gasteiger partial charge in [0.05, 0.1) is 11.8 Å². The van der Waals surface area contributed by atoms with E-state index in [2.05, 4.69) is 25.6 Å². The van der Waals surface area contributed by atoms with E-state index < -0.39 is 11.7 Å². The van der Waals surface area contributed by atoms with Gasteiger partial charge in [-0.3, -0.25) is 10.6 Å². The summed E-state index contributed by atoms with van der Waals surface area (Å²) < 4.78 is 14.3. The van der Waals surface area contributed by atoms with Crippen molar-refractivity contribution in [2.75, 3.05) is 34.5 Å². The molecular weight excluding hydrogens is 457 g/mol. The molecule has 1 saturated heterocycles. The van der Waals surface area contributed by atoms with Crippen molar-refractivity contribution in [1.82, 2.24) is 9.97 Å². The minimum atomic E-state index is -0.641. The molecule has 36 heavy (non-hydrogen) atoms. The summed E-state index contributed by atoms with van der Waals surface area (Å²) >= 11 is 0. The molecular formula is C27H28FN7O. The molecule has 0 radical (unpaired) electrons. The molecule has 1 aliphatic heterocycles. The smallest absolute Gasteiger partial charge is 0.258 e. The number of rotatable bonds is 5. The van der Waals surface area contributed by atoms with Crippen LogP contribution in [0, 0.1) is 5.82 Å². The van der Waals surface area contributed by atoms with Crippen molar-refractivity contribution in [2.45, 2.75) is 12.8 Å². The van der Waals surface area contributed by atoms with Crippen molar-refractivity contribution >= 4 is 28.8 Å². The van der Waals surface area contributed by atoms with Crippen LogP contribution in [0.1, 0.15) is 23.2 Å². The third-order valence-electron chi connectivity index (χ3n) is 5.71. The number of halogens is 1. The number of carbonyl (C=O) groups excluding carboxylic acids is 1. The van der Waals surface area contributed by atoms with Gasteiger partial charge in [0.1, 0.15) is 11.5 Å². The van der Waals surface area contributed by atoms with Crippen LogP contribution in [0.4, 0.5) is 27.3 Å². The first-order valence-corrected chi connectivity index (χ1v) is 11.6. The van der Waals surface area contributed by atoms with Gasteiger partial charge in [0.15, 0.2) is 11.6 Å². The predicted octanol–water partition coefficient (Wildman–Crippen LogP) is 4.69. The maximum Gasteiger partial charge on any atom is 0.258 e. The van der Waals surface area contributed by atoms with Crippen LogP contribution >= 0.6 is 0 Å². The Morgan fingerprint density at radius 3 is 2.17 bits per heavy atom. The van der Waals surface area contributed by atoms with E-state index in [1.807, 2.05) is 60.7 Å². The van der Waals surface area contributed by atoms with Gasteiger partial charge in [0, 0.05) is 30.0 Å². The Kier molecular flexibility index (Phi) is 8.05. The second kappa shape index (κ2) is 11.8. The van der Waals surface area contributed by atoms with Crippen LogP contribution in [0.25, 0.3) is 11.4 Å². The molecule has 0 atom stereocenters. The van der Waals surface area contributed by atoms with Crippen molar-refractivity contribution in [3.05, 3.63) is 96.4 Å². The lowest BCUT2D eigenvalue weighted by Gasteiger charge is -2.17. The summed E-state index contributed by atoms with van der Waals surface area (Å²) in [4.78, 5) is 23.3. The Labute approximate surface area is 209 Å². The highest BCUT2D eigenvalue weighted by Crippen LogP contribution is 2.25. The summed E-state index contributed by atoms with van der Waals surface area (Å²) in [5.74, 6) is 4.54. The van der Waals surface area contributed by atoms with Gasteiger partial charge >= 0.3 is 0 Å². The molecule has 0 spiro atoms. The first-order chi connectivity index (χ1) is 17.5. The van der Waals surface area contributed by atoms with Gasteiger partial charge in [-0.05, 0) is 55.3 Å². The van der Waals surface area contributed by atoms with Crippen LogP contribution in [0.3, 0.4) is 0 Å². The summed E-state index contributed by atoms with van der Waals surface area (Å²) in [6, 6.07) is 23.6. The van der Waals surface area contributed by atoms with E-state index >= 15 is 0 Å². The molecule has 4 aromatic rings. The van der Waals surface area contributed by atoms with E-state index in [0.29, 0.717) is 16.9 Å². The topological polar surface area (TPSA) is 122 Å². The Hall–Kier alpha value is -4.50. The average Bonchev–Trinajstić information content (AvgIpc) is 3.46. The van der Waals surface area contributed by atoms with Crippen LogP contribution in [-0.4, -0.2) is 29.0 Å². The molecule has 9 heteroatoms. The van der Waals surface area contributed by atoms with Gasteiger partial charge in [0.25, 0.3) is 5.91 Å². The Balaban J connectivity index is 0.000000445. The van der Waals surface area contributed by atoms with Gasteiger partial charge in [0.2, 0.25) is 0 Å². The molecule has 1 aromatic heterocycles. The van der Waals surface area contributed by atoms with E-state index in [1.54, 1.807) is 0 Å². The van der Waals surface area contributed by atoms with Crippen molar-refractivity contribution in [1.29, 1.82) is 0 Å². The second-order valence-corrected chi connectivity index (χ2v) is 8.18. The average molecular weight is 486 g/mol. The Morgan fingerprint density at radius 1 is 0.944 bits per heavy atom. The summed E-state index contributed by atoms with van der Waals surface area (Å²) in [7, 11) is 0. The van der Waals surface area contributed by atoms with Crippen LogP contribution in [0.2, 0.25) is 0 Å². The van der Waals surface area contributed by atoms with Crippen molar-refractivity contribution < 1.29 is 9.18 Å². The monoisotopic (exact) mass is 485 g/mol. The van der Waals surface area contributed by atoms with E-state index in [1.165, 1.54) is 37.2 Å². The van der Waals surface area contributed by atoms with Gasteiger partial charge in [-0.1, -0.05) is 36.4 Å². The molecule has 2 heterocycles. The highest BCUT2D eigenvalue weighted by atomic mass is 19.1. The van der Waals surface area contributed by atoms with Crippen molar-refractivity contribution in [2.24, 2.45) is 5.84 Å².